The molecule has 0 saturated heterocycles. The first-order chi connectivity index (χ1) is 11.8. The van der Waals surface area contributed by atoms with E-state index in [4.69, 9.17) is 4.74 Å². The van der Waals surface area contributed by atoms with E-state index in [0.717, 1.165) is 11.1 Å². The molecule has 0 aliphatic rings. The van der Waals surface area contributed by atoms with Gasteiger partial charge in [-0.3, -0.25) is 4.79 Å². The maximum atomic E-state index is 12.5. The van der Waals surface area contributed by atoms with Gasteiger partial charge in [-0.05, 0) is 29.3 Å². The minimum atomic E-state index is -0.0671. The van der Waals surface area contributed by atoms with Crippen LogP contribution in [0.1, 0.15) is 21.5 Å². The lowest BCUT2D eigenvalue weighted by atomic mass is 10.1. The van der Waals surface area contributed by atoms with Crippen molar-refractivity contribution in [3.05, 3.63) is 108 Å². The van der Waals surface area contributed by atoms with Gasteiger partial charge in [-0.15, -0.1) is 0 Å². The molecule has 0 amide bonds. The van der Waals surface area contributed by atoms with Crippen LogP contribution in [-0.2, 0) is 6.61 Å². The first-order valence-corrected chi connectivity index (χ1v) is 7.86. The van der Waals surface area contributed by atoms with Crippen LogP contribution in [0.4, 0.5) is 0 Å². The van der Waals surface area contributed by atoms with E-state index < -0.39 is 0 Å². The molecule has 3 aromatic carbocycles. The minimum Gasteiger partial charge on any atom is -0.488 e. The SMILES string of the molecule is O=C(/C=C/c1ccccc1)c1ccccc1OCc1ccccc1. The number of carbonyl (C=O) groups is 1. The van der Waals surface area contributed by atoms with Gasteiger partial charge in [-0.25, -0.2) is 0 Å². The van der Waals surface area contributed by atoms with Gasteiger partial charge in [-0.2, -0.15) is 0 Å². The normalized spacial score (nSPS) is 10.7. The summed E-state index contributed by atoms with van der Waals surface area (Å²) in [4.78, 5) is 12.5. The zero-order valence-electron chi connectivity index (χ0n) is 13.3. The lowest BCUT2D eigenvalue weighted by Gasteiger charge is -2.09. The van der Waals surface area contributed by atoms with Gasteiger partial charge >= 0.3 is 0 Å². The molecule has 0 bridgehead atoms. The number of ketones is 1. The predicted octanol–water partition coefficient (Wildman–Crippen LogP) is 5.16. The Balaban J connectivity index is 1.73. The smallest absolute Gasteiger partial charge is 0.189 e. The zero-order chi connectivity index (χ0) is 16.6. The van der Waals surface area contributed by atoms with Crippen molar-refractivity contribution in [3.8, 4) is 5.75 Å². The number of hydrogen-bond acceptors (Lipinski definition) is 2. The summed E-state index contributed by atoms with van der Waals surface area (Å²) in [5, 5.41) is 0. The van der Waals surface area contributed by atoms with E-state index in [1.54, 1.807) is 12.1 Å². The molecule has 0 aromatic heterocycles. The fourth-order valence-corrected chi connectivity index (χ4v) is 2.36. The van der Waals surface area contributed by atoms with Crippen LogP contribution in [0, 0.1) is 0 Å². The third-order valence-electron chi connectivity index (χ3n) is 3.62. The first kappa shape index (κ1) is 15.8. The van der Waals surface area contributed by atoms with Crippen molar-refractivity contribution in [1.82, 2.24) is 0 Å². The number of carbonyl (C=O) groups excluding carboxylic acids is 1. The van der Waals surface area contributed by atoms with Gasteiger partial charge in [0.25, 0.3) is 0 Å². The molecular weight excluding hydrogens is 296 g/mol. The van der Waals surface area contributed by atoms with E-state index in [-0.39, 0.29) is 5.78 Å². The molecule has 2 heteroatoms. The lowest BCUT2D eigenvalue weighted by molar-refractivity contribution is 0.104. The molecule has 24 heavy (non-hydrogen) atoms. The second-order valence-corrected chi connectivity index (χ2v) is 5.38. The average Bonchev–Trinajstić information content (AvgIpc) is 2.66. The zero-order valence-corrected chi connectivity index (χ0v) is 13.3. The molecule has 0 aliphatic heterocycles. The van der Waals surface area contributed by atoms with Crippen LogP contribution in [0.25, 0.3) is 6.08 Å². The molecular formula is C22H18O2. The third kappa shape index (κ3) is 4.20. The summed E-state index contributed by atoms with van der Waals surface area (Å²) in [5.41, 5.74) is 2.63. The van der Waals surface area contributed by atoms with Crippen LogP contribution in [-0.4, -0.2) is 5.78 Å². The van der Waals surface area contributed by atoms with Crippen molar-refractivity contribution in [2.75, 3.05) is 0 Å². The van der Waals surface area contributed by atoms with E-state index in [0.29, 0.717) is 17.9 Å². The number of ether oxygens (including phenoxy) is 1. The highest BCUT2D eigenvalue weighted by Gasteiger charge is 2.09. The van der Waals surface area contributed by atoms with Crippen molar-refractivity contribution in [2.45, 2.75) is 6.61 Å². The number of para-hydroxylation sites is 1. The highest BCUT2D eigenvalue weighted by atomic mass is 16.5. The Hall–Kier alpha value is -3.13. The Labute approximate surface area is 142 Å². The maximum absolute atomic E-state index is 12.5. The van der Waals surface area contributed by atoms with Gasteiger partial charge in [-0.1, -0.05) is 78.9 Å². The molecule has 3 rings (SSSR count). The van der Waals surface area contributed by atoms with E-state index in [2.05, 4.69) is 0 Å². The molecule has 0 heterocycles. The number of allylic oxidation sites excluding steroid dienone is 1. The second-order valence-electron chi connectivity index (χ2n) is 5.38. The van der Waals surface area contributed by atoms with Gasteiger partial charge < -0.3 is 4.74 Å². The predicted molar refractivity (Wildman–Crippen MR) is 97.0 cm³/mol. The minimum absolute atomic E-state index is 0.0671. The molecule has 0 saturated carbocycles. The molecule has 0 radical (unpaired) electrons. The topological polar surface area (TPSA) is 26.3 Å². The molecule has 0 fully saturated rings. The van der Waals surface area contributed by atoms with Crippen molar-refractivity contribution >= 4 is 11.9 Å². The molecule has 3 aromatic rings. The van der Waals surface area contributed by atoms with Crippen molar-refractivity contribution in [3.63, 3.8) is 0 Å². The standard InChI is InChI=1S/C22H18O2/c23-21(16-15-18-9-3-1-4-10-18)20-13-7-8-14-22(20)24-17-19-11-5-2-6-12-19/h1-16H,17H2/b16-15+. The van der Waals surface area contributed by atoms with Gasteiger partial charge in [0, 0.05) is 0 Å². The van der Waals surface area contributed by atoms with Crippen LogP contribution >= 0.6 is 0 Å². The highest BCUT2D eigenvalue weighted by molar-refractivity contribution is 6.08. The van der Waals surface area contributed by atoms with Crippen LogP contribution in [0.2, 0.25) is 0 Å². The van der Waals surface area contributed by atoms with Crippen LogP contribution in [0.5, 0.6) is 5.75 Å². The molecule has 0 unspecified atom stereocenters. The Morgan fingerprint density at radius 2 is 1.42 bits per heavy atom. The average molecular weight is 314 g/mol. The maximum Gasteiger partial charge on any atom is 0.189 e. The Morgan fingerprint density at radius 1 is 0.792 bits per heavy atom. The fourth-order valence-electron chi connectivity index (χ4n) is 2.36. The van der Waals surface area contributed by atoms with Gasteiger partial charge in [0.15, 0.2) is 5.78 Å². The summed E-state index contributed by atoms with van der Waals surface area (Å²) in [6.45, 7) is 0.438. The summed E-state index contributed by atoms with van der Waals surface area (Å²) >= 11 is 0. The Kier molecular flexibility index (Phi) is 5.21. The van der Waals surface area contributed by atoms with Gasteiger partial charge in [0.2, 0.25) is 0 Å². The quantitative estimate of drug-likeness (QED) is 0.464. The van der Waals surface area contributed by atoms with Crippen molar-refractivity contribution < 1.29 is 9.53 Å². The summed E-state index contributed by atoms with van der Waals surface area (Å²) in [7, 11) is 0. The fraction of sp³-hybridized carbons (Fsp3) is 0.0455. The summed E-state index contributed by atoms with van der Waals surface area (Å²) in [6.07, 6.45) is 3.40. The largest absolute Gasteiger partial charge is 0.488 e. The van der Waals surface area contributed by atoms with Crippen LogP contribution in [0.15, 0.2) is 91.0 Å². The summed E-state index contributed by atoms with van der Waals surface area (Å²) in [6, 6.07) is 27.0. The molecule has 2 nitrogen and oxygen atoms in total. The van der Waals surface area contributed by atoms with E-state index in [9.17, 15) is 4.79 Å². The number of benzene rings is 3. The van der Waals surface area contributed by atoms with E-state index in [1.165, 1.54) is 0 Å². The van der Waals surface area contributed by atoms with Gasteiger partial charge in [0.1, 0.15) is 12.4 Å². The van der Waals surface area contributed by atoms with Gasteiger partial charge in [0.05, 0.1) is 5.56 Å². The molecule has 0 atom stereocenters. The number of rotatable bonds is 6. The number of hydrogen-bond donors (Lipinski definition) is 0. The summed E-state index contributed by atoms with van der Waals surface area (Å²) < 4.78 is 5.84. The molecule has 118 valence electrons. The van der Waals surface area contributed by atoms with Crippen LogP contribution < -0.4 is 4.74 Å². The van der Waals surface area contributed by atoms with E-state index in [1.807, 2.05) is 84.9 Å². The molecule has 0 aliphatic carbocycles. The first-order valence-electron chi connectivity index (χ1n) is 7.86. The Bertz CT molecular complexity index is 821. The summed E-state index contributed by atoms with van der Waals surface area (Å²) in [5.74, 6) is 0.534. The lowest BCUT2D eigenvalue weighted by Crippen LogP contribution is -2.02. The third-order valence-corrected chi connectivity index (χ3v) is 3.62. The second kappa shape index (κ2) is 7.93. The van der Waals surface area contributed by atoms with E-state index >= 15 is 0 Å². The molecule has 0 spiro atoms. The van der Waals surface area contributed by atoms with Crippen molar-refractivity contribution in [1.29, 1.82) is 0 Å². The Morgan fingerprint density at radius 3 is 2.17 bits per heavy atom. The molecule has 0 N–H and O–H groups in total. The highest BCUT2D eigenvalue weighted by Crippen LogP contribution is 2.20. The van der Waals surface area contributed by atoms with Crippen LogP contribution in [0.3, 0.4) is 0 Å². The monoisotopic (exact) mass is 314 g/mol. The van der Waals surface area contributed by atoms with Crippen molar-refractivity contribution in [2.24, 2.45) is 0 Å².